The third-order valence-electron chi connectivity index (χ3n) is 4.08. The molecular weight excluding hydrogens is 322 g/mol. The molecule has 0 radical (unpaired) electrons. The summed E-state index contributed by atoms with van der Waals surface area (Å²) in [5.41, 5.74) is 2.53. The second kappa shape index (κ2) is 7.37. The van der Waals surface area contributed by atoms with Crippen molar-refractivity contribution in [2.45, 2.75) is 25.7 Å². The molecular formula is C18H19N3O2S. The van der Waals surface area contributed by atoms with Gasteiger partial charge in [0.2, 0.25) is 5.91 Å². The lowest BCUT2D eigenvalue weighted by Gasteiger charge is -2.10. The highest BCUT2D eigenvalue weighted by Crippen LogP contribution is 2.37. The van der Waals surface area contributed by atoms with E-state index in [4.69, 9.17) is 4.74 Å². The minimum atomic E-state index is -0.170. The van der Waals surface area contributed by atoms with Crippen molar-refractivity contribution in [1.82, 2.24) is 0 Å². The fraction of sp³-hybridized carbons (Fsp3) is 0.333. The number of nitriles is 1. The molecule has 3 rings (SSSR count). The van der Waals surface area contributed by atoms with Crippen LogP contribution in [0.5, 0.6) is 5.75 Å². The van der Waals surface area contributed by atoms with Crippen LogP contribution in [0, 0.1) is 11.3 Å². The predicted octanol–water partition coefficient (Wildman–Crippen LogP) is 3.56. The smallest absolute Gasteiger partial charge is 0.244 e. The van der Waals surface area contributed by atoms with Crippen molar-refractivity contribution in [3.8, 4) is 11.8 Å². The summed E-state index contributed by atoms with van der Waals surface area (Å²) in [5.74, 6) is 0.519. The van der Waals surface area contributed by atoms with Crippen LogP contribution >= 0.6 is 11.3 Å². The number of aryl methyl sites for hydroxylation is 1. The average Bonchev–Trinajstić information content (AvgIpc) is 2.97. The standard InChI is InChI=1S/C18H19N3O2S/c1-23-15-8-4-3-7-14(15)20-11-17(22)21-18-13(10-19)12-6-2-5-9-16(12)24-18/h3-4,7-8,20H,2,5-6,9,11H2,1H3,(H,21,22). The summed E-state index contributed by atoms with van der Waals surface area (Å²) in [6.45, 7) is 0.119. The van der Waals surface area contributed by atoms with Gasteiger partial charge in [0, 0.05) is 4.88 Å². The van der Waals surface area contributed by atoms with Crippen LogP contribution in [-0.2, 0) is 17.6 Å². The molecule has 1 aliphatic carbocycles. The van der Waals surface area contributed by atoms with Crippen molar-refractivity contribution in [2.75, 3.05) is 24.3 Å². The SMILES string of the molecule is COc1ccccc1NCC(=O)Nc1sc2c(c1C#N)CCCC2. The molecule has 1 aromatic carbocycles. The molecule has 0 aliphatic heterocycles. The van der Waals surface area contributed by atoms with Gasteiger partial charge < -0.3 is 15.4 Å². The first-order valence-corrected chi connectivity index (χ1v) is 8.76. The van der Waals surface area contributed by atoms with Crippen LogP contribution in [0.15, 0.2) is 24.3 Å². The lowest BCUT2D eigenvalue weighted by molar-refractivity contribution is -0.114. The molecule has 1 aromatic heterocycles. The van der Waals surface area contributed by atoms with Crippen LogP contribution in [0.4, 0.5) is 10.7 Å². The summed E-state index contributed by atoms with van der Waals surface area (Å²) in [6.07, 6.45) is 4.20. The molecule has 0 spiro atoms. The summed E-state index contributed by atoms with van der Waals surface area (Å²) in [6, 6.07) is 9.70. The molecule has 124 valence electrons. The molecule has 24 heavy (non-hydrogen) atoms. The topological polar surface area (TPSA) is 74.2 Å². The number of methoxy groups -OCH3 is 1. The molecule has 1 aliphatic rings. The summed E-state index contributed by atoms with van der Waals surface area (Å²) in [4.78, 5) is 13.5. The molecule has 0 bridgehead atoms. The van der Waals surface area contributed by atoms with E-state index in [-0.39, 0.29) is 12.5 Å². The van der Waals surface area contributed by atoms with Crippen molar-refractivity contribution in [2.24, 2.45) is 0 Å². The average molecular weight is 341 g/mol. The normalized spacial score (nSPS) is 12.8. The van der Waals surface area contributed by atoms with E-state index in [9.17, 15) is 10.1 Å². The Kier molecular flexibility index (Phi) is 5.02. The Hall–Kier alpha value is -2.52. The van der Waals surface area contributed by atoms with E-state index in [2.05, 4.69) is 16.7 Å². The van der Waals surface area contributed by atoms with Gasteiger partial charge in [0.1, 0.15) is 16.8 Å². The number of hydrogen-bond acceptors (Lipinski definition) is 5. The molecule has 2 N–H and O–H groups in total. The van der Waals surface area contributed by atoms with Crippen molar-refractivity contribution < 1.29 is 9.53 Å². The minimum Gasteiger partial charge on any atom is -0.495 e. The molecule has 1 heterocycles. The number of ether oxygens (including phenoxy) is 1. The monoisotopic (exact) mass is 341 g/mol. The third kappa shape index (κ3) is 3.36. The van der Waals surface area contributed by atoms with Gasteiger partial charge in [-0.05, 0) is 43.4 Å². The highest BCUT2D eigenvalue weighted by Gasteiger charge is 2.21. The van der Waals surface area contributed by atoms with Crippen molar-refractivity contribution in [3.63, 3.8) is 0 Å². The van der Waals surface area contributed by atoms with Crippen LogP contribution in [0.25, 0.3) is 0 Å². The summed E-state index contributed by atoms with van der Waals surface area (Å²) >= 11 is 1.54. The zero-order valence-corrected chi connectivity index (χ0v) is 14.3. The summed E-state index contributed by atoms with van der Waals surface area (Å²) in [7, 11) is 1.59. The maximum Gasteiger partial charge on any atom is 0.244 e. The number of nitrogens with one attached hydrogen (secondary N) is 2. The Labute approximate surface area is 145 Å². The number of para-hydroxylation sites is 2. The highest BCUT2D eigenvalue weighted by molar-refractivity contribution is 7.16. The van der Waals surface area contributed by atoms with Gasteiger partial charge in [-0.15, -0.1) is 11.3 Å². The Morgan fingerprint density at radius 3 is 2.92 bits per heavy atom. The van der Waals surface area contributed by atoms with E-state index >= 15 is 0 Å². The van der Waals surface area contributed by atoms with E-state index in [1.807, 2.05) is 24.3 Å². The van der Waals surface area contributed by atoms with Crippen molar-refractivity contribution >= 4 is 27.9 Å². The lowest BCUT2D eigenvalue weighted by atomic mass is 9.96. The maximum atomic E-state index is 12.2. The van der Waals surface area contributed by atoms with Gasteiger partial charge >= 0.3 is 0 Å². The van der Waals surface area contributed by atoms with E-state index in [0.717, 1.165) is 36.9 Å². The molecule has 6 heteroatoms. The van der Waals surface area contributed by atoms with Gasteiger partial charge in [-0.3, -0.25) is 4.79 Å². The fourth-order valence-electron chi connectivity index (χ4n) is 2.91. The van der Waals surface area contributed by atoms with E-state index in [0.29, 0.717) is 16.3 Å². The molecule has 0 saturated carbocycles. The first kappa shape index (κ1) is 16.3. The van der Waals surface area contributed by atoms with Gasteiger partial charge in [0.25, 0.3) is 0 Å². The molecule has 0 atom stereocenters. The highest BCUT2D eigenvalue weighted by atomic mass is 32.1. The molecule has 0 fully saturated rings. The molecule has 0 unspecified atom stereocenters. The number of nitrogens with zero attached hydrogens (tertiary/aromatic N) is 1. The van der Waals surface area contributed by atoms with Crippen molar-refractivity contribution in [3.05, 3.63) is 40.3 Å². The molecule has 2 aromatic rings. The van der Waals surface area contributed by atoms with Crippen LogP contribution in [0.2, 0.25) is 0 Å². The van der Waals surface area contributed by atoms with Gasteiger partial charge in [-0.1, -0.05) is 12.1 Å². The van der Waals surface area contributed by atoms with Gasteiger partial charge in [0.05, 0.1) is 24.9 Å². The summed E-state index contributed by atoms with van der Waals surface area (Å²) < 4.78 is 5.25. The molecule has 5 nitrogen and oxygen atoms in total. The van der Waals surface area contributed by atoms with Gasteiger partial charge in [0.15, 0.2) is 0 Å². The first-order valence-electron chi connectivity index (χ1n) is 7.94. The predicted molar refractivity (Wildman–Crippen MR) is 95.8 cm³/mol. The lowest BCUT2D eigenvalue weighted by Crippen LogP contribution is -2.21. The Balaban J connectivity index is 1.67. The van der Waals surface area contributed by atoms with Gasteiger partial charge in [-0.2, -0.15) is 5.26 Å². The quantitative estimate of drug-likeness (QED) is 0.872. The van der Waals surface area contributed by atoms with E-state index in [1.165, 1.54) is 16.2 Å². The zero-order chi connectivity index (χ0) is 16.9. The number of carbonyl (C=O) groups excluding carboxylic acids is 1. The number of amides is 1. The fourth-order valence-corrected chi connectivity index (χ4v) is 4.17. The van der Waals surface area contributed by atoms with Crippen molar-refractivity contribution in [1.29, 1.82) is 5.26 Å². The third-order valence-corrected chi connectivity index (χ3v) is 5.29. The Bertz CT molecular complexity index is 792. The molecule has 1 amide bonds. The number of rotatable bonds is 5. The van der Waals surface area contributed by atoms with E-state index in [1.54, 1.807) is 7.11 Å². The second-order valence-electron chi connectivity index (χ2n) is 5.63. The van der Waals surface area contributed by atoms with Crippen LogP contribution < -0.4 is 15.4 Å². The van der Waals surface area contributed by atoms with Gasteiger partial charge in [-0.25, -0.2) is 0 Å². The summed E-state index contributed by atoms with van der Waals surface area (Å²) in [5, 5.41) is 16.1. The zero-order valence-electron chi connectivity index (χ0n) is 13.5. The van der Waals surface area contributed by atoms with Crippen LogP contribution in [0.1, 0.15) is 28.8 Å². The largest absolute Gasteiger partial charge is 0.495 e. The van der Waals surface area contributed by atoms with Crippen LogP contribution in [0.3, 0.4) is 0 Å². The number of benzene rings is 1. The maximum absolute atomic E-state index is 12.2. The Morgan fingerprint density at radius 1 is 1.33 bits per heavy atom. The second-order valence-corrected chi connectivity index (χ2v) is 6.73. The number of carbonyl (C=O) groups is 1. The first-order chi connectivity index (χ1) is 11.7. The number of anilines is 2. The number of hydrogen-bond donors (Lipinski definition) is 2. The number of fused-ring (bicyclic) bond motifs is 1. The molecule has 0 saturated heterocycles. The van der Waals surface area contributed by atoms with Crippen LogP contribution in [-0.4, -0.2) is 19.6 Å². The number of thiophene rings is 1. The van der Waals surface area contributed by atoms with E-state index < -0.39 is 0 Å². The minimum absolute atomic E-state index is 0.119. The Morgan fingerprint density at radius 2 is 2.12 bits per heavy atom.